The van der Waals surface area contributed by atoms with Crippen molar-refractivity contribution < 1.29 is 4.74 Å². The summed E-state index contributed by atoms with van der Waals surface area (Å²) in [6.07, 6.45) is 0. The zero-order valence-electron chi connectivity index (χ0n) is 12.1. The number of aryl methyl sites for hydroxylation is 1. The molecule has 3 rings (SSSR count). The molecule has 1 nitrogen and oxygen atoms in total. The fourth-order valence-electron chi connectivity index (χ4n) is 2.34. The highest BCUT2D eigenvalue weighted by molar-refractivity contribution is 5.63. The van der Waals surface area contributed by atoms with Crippen LogP contribution < -0.4 is 4.74 Å². The SMILES string of the molecule is Cc1cccc(OCc2cccc(-c3ccccc3)c2)c1. The van der Waals surface area contributed by atoms with E-state index in [9.17, 15) is 0 Å². The van der Waals surface area contributed by atoms with Crippen molar-refractivity contribution in [1.82, 2.24) is 0 Å². The van der Waals surface area contributed by atoms with Gasteiger partial charge in [-0.1, -0.05) is 60.7 Å². The summed E-state index contributed by atoms with van der Waals surface area (Å²) in [5.74, 6) is 0.917. The van der Waals surface area contributed by atoms with E-state index in [1.807, 2.05) is 18.2 Å². The Morgan fingerprint density at radius 3 is 2.29 bits per heavy atom. The summed E-state index contributed by atoms with van der Waals surface area (Å²) in [6, 6.07) is 27.0. The van der Waals surface area contributed by atoms with E-state index < -0.39 is 0 Å². The molecule has 0 saturated heterocycles. The molecular weight excluding hydrogens is 256 g/mol. The second-order valence-electron chi connectivity index (χ2n) is 5.17. The molecule has 104 valence electrons. The Morgan fingerprint density at radius 1 is 0.714 bits per heavy atom. The van der Waals surface area contributed by atoms with Crippen LogP contribution in [0.4, 0.5) is 0 Å². The fourth-order valence-corrected chi connectivity index (χ4v) is 2.34. The first-order valence-corrected chi connectivity index (χ1v) is 7.15. The summed E-state index contributed by atoms with van der Waals surface area (Å²) in [4.78, 5) is 0. The van der Waals surface area contributed by atoms with Crippen LogP contribution in [-0.4, -0.2) is 0 Å². The Kier molecular flexibility index (Phi) is 4.02. The van der Waals surface area contributed by atoms with E-state index >= 15 is 0 Å². The van der Waals surface area contributed by atoms with Crippen LogP contribution >= 0.6 is 0 Å². The topological polar surface area (TPSA) is 9.23 Å². The van der Waals surface area contributed by atoms with Crippen molar-refractivity contribution >= 4 is 0 Å². The average Bonchev–Trinajstić information content (AvgIpc) is 2.54. The standard InChI is InChI=1S/C20H18O/c1-16-7-5-12-20(13-16)21-15-17-8-6-11-19(14-17)18-9-3-2-4-10-18/h2-14H,15H2,1H3. The monoisotopic (exact) mass is 274 g/mol. The summed E-state index contributed by atoms with van der Waals surface area (Å²) in [6.45, 7) is 2.66. The first-order chi connectivity index (χ1) is 10.3. The minimum atomic E-state index is 0.587. The van der Waals surface area contributed by atoms with Crippen molar-refractivity contribution in [3.63, 3.8) is 0 Å². The van der Waals surface area contributed by atoms with Gasteiger partial charge in [0.1, 0.15) is 12.4 Å². The Labute approximate surface area is 125 Å². The number of hydrogen-bond donors (Lipinski definition) is 0. The molecule has 0 aliphatic rings. The number of benzene rings is 3. The molecular formula is C20H18O. The Morgan fingerprint density at radius 2 is 1.48 bits per heavy atom. The lowest BCUT2D eigenvalue weighted by Crippen LogP contribution is -1.95. The summed E-state index contributed by atoms with van der Waals surface area (Å²) in [5, 5.41) is 0. The van der Waals surface area contributed by atoms with Gasteiger partial charge in [0.15, 0.2) is 0 Å². The van der Waals surface area contributed by atoms with Gasteiger partial charge >= 0.3 is 0 Å². The lowest BCUT2D eigenvalue weighted by atomic mass is 10.0. The second-order valence-corrected chi connectivity index (χ2v) is 5.17. The highest BCUT2D eigenvalue weighted by Crippen LogP contribution is 2.21. The van der Waals surface area contributed by atoms with E-state index in [0.29, 0.717) is 6.61 Å². The molecule has 3 aromatic rings. The molecule has 0 amide bonds. The lowest BCUT2D eigenvalue weighted by Gasteiger charge is -2.09. The molecule has 0 aromatic heterocycles. The maximum atomic E-state index is 5.86. The smallest absolute Gasteiger partial charge is 0.120 e. The van der Waals surface area contributed by atoms with Crippen LogP contribution in [0.3, 0.4) is 0 Å². The molecule has 21 heavy (non-hydrogen) atoms. The molecule has 0 heterocycles. The van der Waals surface area contributed by atoms with Gasteiger partial charge in [-0.3, -0.25) is 0 Å². The molecule has 0 spiro atoms. The van der Waals surface area contributed by atoms with Crippen molar-refractivity contribution in [3.8, 4) is 16.9 Å². The highest BCUT2D eigenvalue weighted by Gasteiger charge is 2.00. The van der Waals surface area contributed by atoms with Gasteiger partial charge in [-0.25, -0.2) is 0 Å². The predicted molar refractivity (Wildman–Crippen MR) is 87.4 cm³/mol. The van der Waals surface area contributed by atoms with Crippen LogP contribution in [0.1, 0.15) is 11.1 Å². The van der Waals surface area contributed by atoms with E-state index in [-0.39, 0.29) is 0 Å². The van der Waals surface area contributed by atoms with E-state index in [2.05, 4.69) is 67.6 Å². The van der Waals surface area contributed by atoms with Crippen molar-refractivity contribution in [2.24, 2.45) is 0 Å². The van der Waals surface area contributed by atoms with Crippen LogP contribution in [-0.2, 0) is 6.61 Å². The van der Waals surface area contributed by atoms with Crippen molar-refractivity contribution in [2.45, 2.75) is 13.5 Å². The molecule has 0 aliphatic carbocycles. The highest BCUT2D eigenvalue weighted by atomic mass is 16.5. The van der Waals surface area contributed by atoms with Gasteiger partial charge in [-0.2, -0.15) is 0 Å². The summed E-state index contributed by atoms with van der Waals surface area (Å²) < 4.78 is 5.86. The third-order valence-electron chi connectivity index (χ3n) is 3.43. The summed E-state index contributed by atoms with van der Waals surface area (Å²) >= 11 is 0. The van der Waals surface area contributed by atoms with Gasteiger partial charge < -0.3 is 4.74 Å². The van der Waals surface area contributed by atoms with Gasteiger partial charge in [-0.05, 0) is 47.4 Å². The molecule has 0 atom stereocenters. The fraction of sp³-hybridized carbons (Fsp3) is 0.100. The summed E-state index contributed by atoms with van der Waals surface area (Å²) in [5.41, 5.74) is 4.85. The first kappa shape index (κ1) is 13.4. The normalized spacial score (nSPS) is 10.3. The maximum Gasteiger partial charge on any atom is 0.120 e. The Hall–Kier alpha value is -2.54. The number of rotatable bonds is 4. The lowest BCUT2D eigenvalue weighted by molar-refractivity contribution is 0.306. The minimum Gasteiger partial charge on any atom is -0.489 e. The van der Waals surface area contributed by atoms with Gasteiger partial charge in [0.25, 0.3) is 0 Å². The third kappa shape index (κ3) is 3.51. The minimum absolute atomic E-state index is 0.587. The third-order valence-corrected chi connectivity index (χ3v) is 3.43. The van der Waals surface area contributed by atoms with Gasteiger partial charge in [0.2, 0.25) is 0 Å². The first-order valence-electron chi connectivity index (χ1n) is 7.15. The zero-order chi connectivity index (χ0) is 14.5. The molecule has 0 bridgehead atoms. The van der Waals surface area contributed by atoms with E-state index in [1.165, 1.54) is 22.3 Å². The molecule has 3 aromatic carbocycles. The molecule has 0 fully saturated rings. The molecule has 0 unspecified atom stereocenters. The Balaban J connectivity index is 1.75. The van der Waals surface area contributed by atoms with Crippen LogP contribution in [0.25, 0.3) is 11.1 Å². The van der Waals surface area contributed by atoms with E-state index in [1.54, 1.807) is 0 Å². The Bertz CT molecular complexity index is 717. The summed E-state index contributed by atoms with van der Waals surface area (Å²) in [7, 11) is 0. The molecule has 0 N–H and O–H groups in total. The van der Waals surface area contributed by atoms with E-state index in [0.717, 1.165) is 5.75 Å². The molecule has 0 radical (unpaired) electrons. The largest absolute Gasteiger partial charge is 0.489 e. The van der Waals surface area contributed by atoms with E-state index in [4.69, 9.17) is 4.74 Å². The zero-order valence-corrected chi connectivity index (χ0v) is 12.1. The molecule has 0 aliphatic heterocycles. The predicted octanol–water partition coefficient (Wildman–Crippen LogP) is 5.24. The second kappa shape index (κ2) is 6.27. The number of hydrogen-bond acceptors (Lipinski definition) is 1. The van der Waals surface area contributed by atoms with Crippen LogP contribution in [0.2, 0.25) is 0 Å². The van der Waals surface area contributed by atoms with Crippen molar-refractivity contribution in [2.75, 3.05) is 0 Å². The van der Waals surface area contributed by atoms with Crippen LogP contribution in [0.5, 0.6) is 5.75 Å². The maximum absolute atomic E-state index is 5.86. The number of ether oxygens (including phenoxy) is 1. The van der Waals surface area contributed by atoms with Gasteiger partial charge in [0.05, 0.1) is 0 Å². The average molecular weight is 274 g/mol. The van der Waals surface area contributed by atoms with Crippen molar-refractivity contribution in [3.05, 3.63) is 90.0 Å². The molecule has 1 heteroatoms. The van der Waals surface area contributed by atoms with Gasteiger partial charge in [-0.15, -0.1) is 0 Å². The van der Waals surface area contributed by atoms with Gasteiger partial charge in [0, 0.05) is 0 Å². The van der Waals surface area contributed by atoms with Crippen LogP contribution in [0, 0.1) is 6.92 Å². The van der Waals surface area contributed by atoms with Crippen molar-refractivity contribution in [1.29, 1.82) is 0 Å². The molecule has 0 saturated carbocycles. The quantitative estimate of drug-likeness (QED) is 0.632. The van der Waals surface area contributed by atoms with Crippen LogP contribution in [0.15, 0.2) is 78.9 Å².